The van der Waals surface area contributed by atoms with E-state index < -0.39 is 0 Å². The number of nitrogens with one attached hydrogen (secondary N) is 1. The van der Waals surface area contributed by atoms with E-state index in [2.05, 4.69) is 5.32 Å². The fourth-order valence-electron chi connectivity index (χ4n) is 2.20. The lowest BCUT2D eigenvalue weighted by atomic mass is 9.89. The summed E-state index contributed by atoms with van der Waals surface area (Å²) >= 11 is 0. The van der Waals surface area contributed by atoms with Gasteiger partial charge in [0.25, 0.3) is 0 Å². The predicted octanol–water partition coefficient (Wildman–Crippen LogP) is 1.70. The van der Waals surface area contributed by atoms with Gasteiger partial charge in [0.1, 0.15) is 11.5 Å². The third-order valence-electron chi connectivity index (χ3n) is 2.94. The fraction of sp³-hybridized carbons (Fsp3) is 0.455. The van der Waals surface area contributed by atoms with E-state index in [1.807, 2.05) is 6.92 Å². The van der Waals surface area contributed by atoms with Crippen molar-refractivity contribution in [2.75, 3.05) is 6.54 Å². The summed E-state index contributed by atoms with van der Waals surface area (Å²) in [6, 6.07) is 4.87. The summed E-state index contributed by atoms with van der Waals surface area (Å²) in [7, 11) is 0. The zero-order valence-corrected chi connectivity index (χ0v) is 8.25. The van der Waals surface area contributed by atoms with Crippen LogP contribution in [0.1, 0.15) is 25.3 Å². The monoisotopic (exact) mass is 193 g/mol. The number of rotatable bonds is 1. The topological polar surface area (TPSA) is 52.5 Å². The molecule has 3 N–H and O–H groups in total. The van der Waals surface area contributed by atoms with Crippen molar-refractivity contribution >= 4 is 0 Å². The molecule has 1 aliphatic rings. The van der Waals surface area contributed by atoms with Gasteiger partial charge in [-0.15, -0.1) is 0 Å². The summed E-state index contributed by atoms with van der Waals surface area (Å²) in [4.78, 5) is 0. The Labute approximate surface area is 83.4 Å². The van der Waals surface area contributed by atoms with Crippen LogP contribution in [0.3, 0.4) is 0 Å². The number of benzene rings is 1. The molecule has 0 aromatic heterocycles. The van der Waals surface area contributed by atoms with Crippen LogP contribution in [0.5, 0.6) is 11.5 Å². The van der Waals surface area contributed by atoms with Crippen molar-refractivity contribution in [3.05, 3.63) is 23.8 Å². The third kappa shape index (κ3) is 1.34. The van der Waals surface area contributed by atoms with Crippen LogP contribution < -0.4 is 5.32 Å². The third-order valence-corrected chi connectivity index (χ3v) is 2.94. The molecule has 0 aliphatic carbocycles. The fourth-order valence-corrected chi connectivity index (χ4v) is 2.20. The van der Waals surface area contributed by atoms with E-state index in [4.69, 9.17) is 0 Å². The summed E-state index contributed by atoms with van der Waals surface area (Å²) in [5.74, 6) is 0.337. The molecule has 0 amide bonds. The second-order valence-electron chi connectivity index (χ2n) is 4.03. The second-order valence-corrected chi connectivity index (χ2v) is 4.03. The van der Waals surface area contributed by atoms with Gasteiger partial charge in [-0.1, -0.05) is 6.07 Å². The van der Waals surface area contributed by atoms with Crippen molar-refractivity contribution in [3.63, 3.8) is 0 Å². The summed E-state index contributed by atoms with van der Waals surface area (Å²) in [5, 5.41) is 22.7. The maximum absolute atomic E-state index is 9.72. The zero-order valence-electron chi connectivity index (χ0n) is 8.25. The van der Waals surface area contributed by atoms with Crippen LogP contribution in [0.15, 0.2) is 18.2 Å². The highest BCUT2D eigenvalue weighted by molar-refractivity contribution is 5.48. The van der Waals surface area contributed by atoms with Crippen molar-refractivity contribution in [1.82, 2.24) is 5.32 Å². The lowest BCUT2D eigenvalue weighted by Crippen LogP contribution is -2.33. The smallest absolute Gasteiger partial charge is 0.124 e. The van der Waals surface area contributed by atoms with Gasteiger partial charge in [0.15, 0.2) is 0 Å². The SMILES string of the molecule is CC1(c2c(O)cccc2O)CCCN1. The van der Waals surface area contributed by atoms with Gasteiger partial charge in [-0.05, 0) is 38.4 Å². The van der Waals surface area contributed by atoms with Gasteiger partial charge < -0.3 is 15.5 Å². The Bertz CT molecular complexity index is 323. The Morgan fingerprint density at radius 1 is 1.29 bits per heavy atom. The highest BCUT2D eigenvalue weighted by Crippen LogP contribution is 2.40. The summed E-state index contributed by atoms with van der Waals surface area (Å²) in [6.45, 7) is 2.94. The van der Waals surface area contributed by atoms with Gasteiger partial charge in [0.2, 0.25) is 0 Å². The molecule has 76 valence electrons. The Hall–Kier alpha value is -1.22. The Kier molecular flexibility index (Phi) is 2.11. The van der Waals surface area contributed by atoms with Gasteiger partial charge in [-0.2, -0.15) is 0 Å². The molecule has 1 saturated heterocycles. The quantitative estimate of drug-likeness (QED) is 0.636. The number of aromatic hydroxyl groups is 2. The van der Waals surface area contributed by atoms with Crippen molar-refractivity contribution in [2.24, 2.45) is 0 Å². The molecule has 3 heteroatoms. The average Bonchev–Trinajstić information content (AvgIpc) is 2.52. The first-order chi connectivity index (χ1) is 6.63. The van der Waals surface area contributed by atoms with Crippen LogP contribution in [0.25, 0.3) is 0 Å². The maximum atomic E-state index is 9.72. The van der Waals surface area contributed by atoms with Crippen molar-refractivity contribution in [2.45, 2.75) is 25.3 Å². The lowest BCUT2D eigenvalue weighted by Gasteiger charge is -2.26. The number of hydrogen-bond donors (Lipinski definition) is 3. The second kappa shape index (κ2) is 3.17. The molecule has 2 rings (SSSR count). The number of phenols is 2. The molecule has 1 heterocycles. The molecule has 0 saturated carbocycles. The first-order valence-corrected chi connectivity index (χ1v) is 4.90. The Morgan fingerprint density at radius 3 is 2.43 bits per heavy atom. The minimum Gasteiger partial charge on any atom is -0.507 e. The normalized spacial score (nSPS) is 26.6. The van der Waals surface area contributed by atoms with Crippen LogP contribution in [0.4, 0.5) is 0 Å². The molecule has 14 heavy (non-hydrogen) atoms. The molecule has 0 bridgehead atoms. The van der Waals surface area contributed by atoms with Gasteiger partial charge in [-0.25, -0.2) is 0 Å². The van der Waals surface area contributed by atoms with E-state index in [-0.39, 0.29) is 17.0 Å². The Balaban J connectivity index is 2.49. The van der Waals surface area contributed by atoms with Crippen molar-refractivity contribution in [3.8, 4) is 11.5 Å². The molecular weight excluding hydrogens is 178 g/mol. The predicted molar refractivity (Wildman–Crippen MR) is 54.4 cm³/mol. The van der Waals surface area contributed by atoms with Gasteiger partial charge in [0, 0.05) is 5.54 Å². The minimum atomic E-state index is -0.282. The first kappa shape index (κ1) is 9.34. The van der Waals surface area contributed by atoms with E-state index >= 15 is 0 Å². The molecular formula is C11H15NO2. The average molecular weight is 193 g/mol. The van der Waals surface area contributed by atoms with E-state index in [1.54, 1.807) is 18.2 Å². The first-order valence-electron chi connectivity index (χ1n) is 4.90. The molecule has 3 nitrogen and oxygen atoms in total. The summed E-state index contributed by atoms with van der Waals surface area (Å²) < 4.78 is 0. The van der Waals surface area contributed by atoms with Crippen LogP contribution in [0.2, 0.25) is 0 Å². The molecule has 0 spiro atoms. The van der Waals surface area contributed by atoms with E-state index in [9.17, 15) is 10.2 Å². The number of hydrogen-bond acceptors (Lipinski definition) is 3. The maximum Gasteiger partial charge on any atom is 0.124 e. The number of phenolic OH excluding ortho intramolecular Hbond substituents is 2. The zero-order chi connectivity index (χ0) is 10.2. The summed E-state index contributed by atoms with van der Waals surface area (Å²) in [5.41, 5.74) is 0.340. The van der Waals surface area contributed by atoms with E-state index in [0.717, 1.165) is 19.4 Å². The largest absolute Gasteiger partial charge is 0.507 e. The van der Waals surface area contributed by atoms with Gasteiger partial charge in [0.05, 0.1) is 5.56 Å². The summed E-state index contributed by atoms with van der Waals surface area (Å²) in [6.07, 6.45) is 2.02. The van der Waals surface area contributed by atoms with Crippen molar-refractivity contribution in [1.29, 1.82) is 0 Å². The van der Waals surface area contributed by atoms with Gasteiger partial charge >= 0.3 is 0 Å². The van der Waals surface area contributed by atoms with Crippen LogP contribution in [-0.2, 0) is 5.54 Å². The van der Waals surface area contributed by atoms with E-state index in [1.165, 1.54) is 0 Å². The molecule has 1 fully saturated rings. The standard InChI is InChI=1S/C11H15NO2/c1-11(6-3-7-12-11)10-8(13)4-2-5-9(10)14/h2,4-5,12-14H,3,6-7H2,1H3. The van der Waals surface area contributed by atoms with Crippen LogP contribution >= 0.6 is 0 Å². The van der Waals surface area contributed by atoms with Gasteiger partial charge in [-0.3, -0.25) is 0 Å². The Morgan fingerprint density at radius 2 is 1.93 bits per heavy atom. The molecule has 1 aromatic carbocycles. The van der Waals surface area contributed by atoms with Crippen LogP contribution in [0, 0.1) is 0 Å². The van der Waals surface area contributed by atoms with E-state index in [0.29, 0.717) is 5.56 Å². The lowest BCUT2D eigenvalue weighted by molar-refractivity contribution is 0.366. The molecule has 0 radical (unpaired) electrons. The molecule has 1 unspecified atom stereocenters. The highest BCUT2D eigenvalue weighted by Gasteiger charge is 2.34. The van der Waals surface area contributed by atoms with Crippen molar-refractivity contribution < 1.29 is 10.2 Å². The minimum absolute atomic E-state index is 0.168. The molecule has 1 aliphatic heterocycles. The molecule has 1 atom stereocenters. The molecule has 1 aromatic rings. The highest BCUT2D eigenvalue weighted by atomic mass is 16.3. The van der Waals surface area contributed by atoms with Crippen LogP contribution in [-0.4, -0.2) is 16.8 Å².